The largest absolute Gasteiger partial charge is 0.479 e. The molecule has 6 fully saturated rings. The van der Waals surface area contributed by atoms with E-state index in [1.54, 1.807) is 0 Å². The number of rotatable bonds is 40. The second-order valence-corrected chi connectivity index (χ2v) is 43.8. The van der Waals surface area contributed by atoms with Gasteiger partial charge in [0, 0.05) is 96.5 Å². The van der Waals surface area contributed by atoms with Crippen LogP contribution < -0.4 is 0 Å². The molecule has 0 amide bonds. The van der Waals surface area contributed by atoms with E-state index in [2.05, 4.69) is 52.6 Å². The Balaban J connectivity index is 1.93. The van der Waals surface area contributed by atoms with E-state index in [0.717, 1.165) is 42.5 Å². The Morgan fingerprint density at radius 2 is 0.400 bits per heavy atom. The number of ether oxygens (including phenoxy) is 8. The molecule has 0 unspecified atom stereocenters. The molecular formula is C49H74O28Si8. The van der Waals surface area contributed by atoms with Gasteiger partial charge in [0.15, 0.2) is 0 Å². The summed E-state index contributed by atoms with van der Waals surface area (Å²) in [5.41, 5.74) is 0.106. The van der Waals surface area contributed by atoms with Gasteiger partial charge in [-0.25, -0.2) is 38.4 Å². The predicted octanol–water partition coefficient (Wildman–Crippen LogP) is 5.11. The molecule has 8 bridgehead atoms. The van der Waals surface area contributed by atoms with Crippen molar-refractivity contribution in [2.24, 2.45) is 0 Å². The molecule has 6 aliphatic rings. The van der Waals surface area contributed by atoms with Crippen LogP contribution >= 0.6 is 0 Å². The zero-order valence-electron chi connectivity index (χ0n) is 47.6. The molecule has 6 rings (SSSR count). The molecule has 0 atom stereocenters. The summed E-state index contributed by atoms with van der Waals surface area (Å²) in [7, 11) is -39.2. The van der Waals surface area contributed by atoms with E-state index >= 15 is 0 Å². The van der Waals surface area contributed by atoms with Crippen molar-refractivity contribution in [3.8, 4) is 0 Å². The Labute approximate surface area is 501 Å². The van der Waals surface area contributed by atoms with Crippen molar-refractivity contribution in [2.75, 3.05) is 52.9 Å². The van der Waals surface area contributed by atoms with E-state index < -0.39 is 118 Å². The maximum Gasteiger partial charge on any atom is 0.479 e. The van der Waals surface area contributed by atoms with Gasteiger partial charge in [-0.1, -0.05) is 52.6 Å². The molecule has 0 spiro atoms. The molecule has 6 saturated heterocycles. The molecule has 28 nitrogen and oxygen atoms in total. The lowest BCUT2D eigenvalue weighted by Gasteiger charge is -2.63. The minimum atomic E-state index is -4.91. The normalized spacial score (nSPS) is 28.6. The molecule has 85 heavy (non-hydrogen) atoms. The molecule has 0 aliphatic carbocycles. The van der Waals surface area contributed by atoms with Crippen LogP contribution in [0.2, 0.25) is 48.4 Å². The van der Waals surface area contributed by atoms with Crippen LogP contribution in [0, 0.1) is 0 Å². The molecule has 0 radical (unpaired) electrons. The number of carbonyl (C=O) groups excluding carboxylic acids is 8. The molecule has 0 aromatic rings. The molecule has 470 valence electrons. The smallest absolute Gasteiger partial charge is 0.463 e. The molecule has 0 aromatic carbocycles. The van der Waals surface area contributed by atoms with Gasteiger partial charge >= 0.3 is 118 Å². The van der Waals surface area contributed by atoms with Gasteiger partial charge in [-0.05, 0) is 58.3 Å². The second kappa shape index (κ2) is 32.8. The maximum atomic E-state index is 12.9. The molecule has 0 N–H and O–H groups in total. The number of carbonyl (C=O) groups is 8. The lowest BCUT2D eigenvalue weighted by Crippen LogP contribution is -2.88. The first-order valence-corrected chi connectivity index (χ1v) is 42.7. The van der Waals surface area contributed by atoms with Crippen molar-refractivity contribution < 1.29 is 126 Å². The predicted molar refractivity (Wildman–Crippen MR) is 308 cm³/mol. The van der Waals surface area contributed by atoms with Gasteiger partial charge < -0.3 is 87.3 Å². The minimum absolute atomic E-state index is 0.0582. The Bertz CT molecular complexity index is 2280. The first-order valence-electron chi connectivity index (χ1n) is 27.3. The van der Waals surface area contributed by atoms with Gasteiger partial charge in [0.25, 0.3) is 0 Å². The van der Waals surface area contributed by atoms with Gasteiger partial charge in [0.1, 0.15) is 0 Å². The minimum Gasteiger partial charge on any atom is -0.463 e. The van der Waals surface area contributed by atoms with Gasteiger partial charge in [0.05, 0.1) is 52.9 Å². The summed E-state index contributed by atoms with van der Waals surface area (Å²) >= 11 is 0. The van der Waals surface area contributed by atoms with Crippen molar-refractivity contribution >= 4 is 118 Å². The topological polar surface area (TPSA) is 321 Å². The van der Waals surface area contributed by atoms with E-state index in [1.165, 1.54) is 6.92 Å². The zero-order valence-corrected chi connectivity index (χ0v) is 55.6. The lowest BCUT2D eigenvalue weighted by molar-refractivity contribution is -0.139. The molecule has 6 aliphatic heterocycles. The van der Waals surface area contributed by atoms with Crippen molar-refractivity contribution in [3.05, 3.63) is 101 Å². The van der Waals surface area contributed by atoms with Gasteiger partial charge in [-0.15, -0.1) is 0 Å². The van der Waals surface area contributed by atoms with Crippen LogP contribution in [-0.4, -0.2) is 171 Å². The van der Waals surface area contributed by atoms with Gasteiger partial charge in [0.2, 0.25) is 0 Å². The fourth-order valence-electron chi connectivity index (χ4n) is 8.79. The standard InChI is InChI=1S/C49H74O28Si8/c1-10-42(50)58-25-17-33-78-66-79(34-18-26-59-43(51)11-2)69-82(37-21-29-62-46(54)14-5)71-80(67-78,35-19-27-60-44(52)12-3)73-84(39-23-31-64-48(56)16-7)74-81(68-78,36-20-28-61-45(53)13-4)72-83(70-79,38-22-30-63-47(55)15-6)76-85(75-82,77-84)40-24-32-65-49(57)41(8)9/h10-16H,1-8,17-40H2,9H3. The highest BCUT2D eigenvalue weighted by atomic mass is 28.6. The van der Waals surface area contributed by atoms with Crippen LogP contribution in [0.5, 0.6) is 0 Å². The van der Waals surface area contributed by atoms with Crippen LogP contribution in [0.4, 0.5) is 0 Å². The summed E-state index contributed by atoms with van der Waals surface area (Å²) in [4.78, 5) is 101. The summed E-state index contributed by atoms with van der Waals surface area (Å²) in [6, 6.07) is -2.01. The van der Waals surface area contributed by atoms with Gasteiger partial charge in [-0.2, -0.15) is 0 Å². The SMILES string of the molecule is C=CC(=O)OCCC[Si]12O[Si]3(CCCOC(=O)C=C)O[Si]4(CCCOC(=O)C=C)O[Si](CCCOC(=O)C=C)(O1)O[Si]1(CCCOC(=O)C=C)O[Si](CCCOC(=O)C=C)(O2)O[Si](CCCOC(=O)C=C)(O3)O[Si](CCCOC(=O)C(=C)C)(O4)O1. The highest BCUT2D eigenvalue weighted by Gasteiger charge is 2.83. The summed E-state index contributed by atoms with van der Waals surface area (Å²) in [5.74, 6) is -6.01. The molecule has 6 heterocycles. The van der Waals surface area contributed by atoms with Crippen molar-refractivity contribution in [2.45, 2.75) is 107 Å². The quantitative estimate of drug-likeness (QED) is 0.0253. The first kappa shape index (κ1) is 70.7. The maximum absolute atomic E-state index is 12.9. The van der Waals surface area contributed by atoms with Crippen LogP contribution in [0.15, 0.2) is 101 Å². The summed E-state index contributed by atoms with van der Waals surface area (Å²) in [5, 5.41) is 0. The fourth-order valence-corrected chi connectivity index (χ4v) is 58.9. The Morgan fingerprint density at radius 1 is 0.271 bits per heavy atom. The van der Waals surface area contributed by atoms with Crippen LogP contribution in [-0.2, 0) is 126 Å². The van der Waals surface area contributed by atoms with Gasteiger partial charge in [-0.3, -0.25) is 0 Å². The summed E-state index contributed by atoms with van der Waals surface area (Å²) in [6.45, 7) is 27.6. The Kier molecular flexibility index (Phi) is 27.3. The third-order valence-corrected chi connectivity index (χ3v) is 49.8. The first-order chi connectivity index (χ1) is 40.5. The monoisotopic (exact) mass is 1330 g/mol. The second-order valence-electron chi connectivity index (χ2n) is 19.0. The van der Waals surface area contributed by atoms with E-state index in [9.17, 15) is 38.4 Å². The zero-order chi connectivity index (χ0) is 62.3. The average molecular weight is 1340 g/mol. The number of hydrogen-bond acceptors (Lipinski definition) is 28. The number of esters is 8. The molecule has 0 aromatic heterocycles. The highest BCUT2D eigenvalue weighted by molar-refractivity contribution is 7.03. The molecule has 0 saturated carbocycles. The number of hydrogen-bond donors (Lipinski definition) is 0. The lowest BCUT2D eigenvalue weighted by atomic mass is 10.4. The van der Waals surface area contributed by atoms with E-state index in [0.29, 0.717) is 0 Å². The van der Waals surface area contributed by atoms with E-state index in [1.807, 2.05) is 0 Å². The van der Waals surface area contributed by atoms with Crippen LogP contribution in [0.3, 0.4) is 0 Å². The van der Waals surface area contributed by atoms with Crippen LogP contribution in [0.25, 0.3) is 0 Å². The van der Waals surface area contributed by atoms with Crippen molar-refractivity contribution in [3.63, 3.8) is 0 Å². The molecular weight excluding hydrogens is 1260 g/mol. The summed E-state index contributed by atoms with van der Waals surface area (Å²) < 4.78 is 135. The highest BCUT2D eigenvalue weighted by Crippen LogP contribution is 2.55. The average Bonchev–Trinajstić information content (AvgIpc) is 0.730. The Hall–Kier alpha value is -5.06. The van der Waals surface area contributed by atoms with Crippen molar-refractivity contribution in [1.29, 1.82) is 0 Å². The third-order valence-electron chi connectivity index (χ3n) is 12.2. The van der Waals surface area contributed by atoms with E-state index in [-0.39, 0.29) is 158 Å². The van der Waals surface area contributed by atoms with E-state index in [4.69, 9.17) is 87.3 Å². The summed E-state index contributed by atoms with van der Waals surface area (Å²) in [6.07, 6.45) is 6.36. The fraction of sp³-hybridized carbons (Fsp3) is 0.510. The molecule has 36 heteroatoms. The third kappa shape index (κ3) is 21.1. The van der Waals surface area contributed by atoms with Crippen LogP contribution in [0.1, 0.15) is 58.3 Å². The van der Waals surface area contributed by atoms with Crippen molar-refractivity contribution in [1.82, 2.24) is 0 Å². The Morgan fingerprint density at radius 3 is 0.518 bits per heavy atom.